The average Bonchev–Trinajstić information content (AvgIpc) is 3.51. The van der Waals surface area contributed by atoms with E-state index in [2.05, 4.69) is 10.6 Å². The largest absolute Gasteiger partial charge is 0.497 e. The number of ether oxygens (including phenoxy) is 5. The Bertz CT molecular complexity index is 1050. The molecule has 2 saturated heterocycles. The van der Waals surface area contributed by atoms with Crippen LogP contribution in [-0.2, 0) is 24.2 Å². The Labute approximate surface area is 224 Å². The first kappa shape index (κ1) is 28.9. The normalized spacial score (nSPS) is 27.8. The van der Waals surface area contributed by atoms with E-state index in [0.717, 1.165) is 32.2 Å². The maximum absolute atomic E-state index is 13.8. The zero-order chi connectivity index (χ0) is 27.1. The van der Waals surface area contributed by atoms with Gasteiger partial charge in [-0.25, -0.2) is 13.2 Å². The van der Waals surface area contributed by atoms with E-state index in [1.807, 2.05) is 0 Å². The Balaban J connectivity index is 1.44. The van der Waals surface area contributed by atoms with Gasteiger partial charge in [0.15, 0.2) is 6.29 Å². The number of carbonyl (C=O) groups is 1. The molecule has 2 fully saturated rings. The van der Waals surface area contributed by atoms with E-state index in [-0.39, 0.29) is 42.5 Å². The SMILES string of the molecule is B[C@H](NC(=O)O[C@H]1CO[C@H]2OCC[C@H]21)[C@H](O)CN1CCNCCCCCOc2cc(OC)ccc2S1(=O)=O. The lowest BCUT2D eigenvalue weighted by Gasteiger charge is -2.29. The molecule has 3 aliphatic heterocycles. The summed E-state index contributed by atoms with van der Waals surface area (Å²) in [5, 5.41) is 16.8. The van der Waals surface area contributed by atoms with Gasteiger partial charge >= 0.3 is 6.09 Å². The molecule has 212 valence electrons. The maximum atomic E-state index is 13.8. The highest BCUT2D eigenvalue weighted by atomic mass is 32.2. The fourth-order valence-electron chi connectivity index (χ4n) is 4.80. The van der Waals surface area contributed by atoms with Crippen molar-refractivity contribution >= 4 is 24.0 Å². The van der Waals surface area contributed by atoms with Crippen molar-refractivity contribution in [3.05, 3.63) is 18.2 Å². The van der Waals surface area contributed by atoms with Crippen molar-refractivity contribution in [1.29, 1.82) is 0 Å². The fraction of sp³-hybridized carbons (Fsp3) is 0.708. The molecule has 3 heterocycles. The lowest BCUT2D eigenvalue weighted by molar-refractivity contribution is -0.0907. The van der Waals surface area contributed by atoms with Crippen molar-refractivity contribution in [2.75, 3.05) is 53.1 Å². The minimum absolute atomic E-state index is 0.000612. The number of aliphatic hydroxyl groups excluding tert-OH is 1. The Morgan fingerprint density at radius 1 is 1.26 bits per heavy atom. The number of hydrogen-bond acceptors (Lipinski definition) is 10. The van der Waals surface area contributed by atoms with Crippen LogP contribution < -0.4 is 20.1 Å². The van der Waals surface area contributed by atoms with Crippen LogP contribution in [0.5, 0.6) is 11.5 Å². The molecule has 38 heavy (non-hydrogen) atoms. The van der Waals surface area contributed by atoms with Gasteiger partial charge in [0.25, 0.3) is 0 Å². The molecule has 3 N–H and O–H groups in total. The topological polar surface area (TPSA) is 145 Å². The third-order valence-corrected chi connectivity index (χ3v) is 9.02. The maximum Gasteiger partial charge on any atom is 0.407 e. The number of alkyl carbamates (subject to hydrolysis) is 1. The minimum atomic E-state index is -4.05. The predicted molar refractivity (Wildman–Crippen MR) is 140 cm³/mol. The van der Waals surface area contributed by atoms with Crippen LogP contribution in [0.3, 0.4) is 0 Å². The van der Waals surface area contributed by atoms with Gasteiger partial charge in [-0.1, -0.05) is 0 Å². The van der Waals surface area contributed by atoms with Gasteiger partial charge in [0.05, 0.1) is 39.0 Å². The van der Waals surface area contributed by atoms with Gasteiger partial charge in [-0.05, 0) is 44.4 Å². The van der Waals surface area contributed by atoms with Crippen LogP contribution in [0, 0.1) is 5.92 Å². The van der Waals surface area contributed by atoms with Crippen molar-refractivity contribution in [2.24, 2.45) is 5.92 Å². The molecule has 12 nitrogen and oxygen atoms in total. The number of rotatable bonds is 6. The lowest BCUT2D eigenvalue weighted by atomic mass is 9.91. The van der Waals surface area contributed by atoms with Crippen LogP contribution in [0.1, 0.15) is 25.7 Å². The number of hydrogen-bond donors (Lipinski definition) is 3. The van der Waals surface area contributed by atoms with Crippen LogP contribution in [0.2, 0.25) is 0 Å². The number of fused-ring (bicyclic) bond motifs is 2. The number of β-amino-alcohol motifs (C(OH)–C–C–N with tert-alkyl or cyclic N) is 1. The van der Waals surface area contributed by atoms with Gasteiger partial charge in [-0.3, -0.25) is 0 Å². The Morgan fingerprint density at radius 3 is 2.92 bits per heavy atom. The smallest absolute Gasteiger partial charge is 0.407 e. The summed E-state index contributed by atoms with van der Waals surface area (Å²) in [5.74, 6) is -0.0966. The van der Waals surface area contributed by atoms with Crippen LogP contribution in [-0.4, -0.2) is 109 Å². The summed E-state index contributed by atoms with van der Waals surface area (Å²) in [7, 11) is -0.948. The summed E-state index contributed by atoms with van der Waals surface area (Å²) in [4.78, 5) is 12.5. The number of nitrogens with zero attached hydrogens (tertiary/aromatic N) is 1. The highest BCUT2D eigenvalue weighted by Crippen LogP contribution is 2.33. The first-order valence-electron chi connectivity index (χ1n) is 13.2. The first-order chi connectivity index (χ1) is 18.3. The Morgan fingerprint density at radius 2 is 2.11 bits per heavy atom. The quantitative estimate of drug-likeness (QED) is 0.398. The Hall–Kier alpha value is -2.10. The van der Waals surface area contributed by atoms with Crippen LogP contribution in [0.15, 0.2) is 23.1 Å². The number of methoxy groups -OCH3 is 1. The molecule has 4 rings (SSSR count). The van der Waals surface area contributed by atoms with Crippen LogP contribution >= 0.6 is 0 Å². The third-order valence-electron chi connectivity index (χ3n) is 7.12. The molecular weight excluding hydrogens is 517 g/mol. The molecule has 0 aliphatic carbocycles. The van der Waals surface area contributed by atoms with E-state index in [1.165, 1.54) is 17.5 Å². The molecule has 0 saturated carbocycles. The summed E-state index contributed by atoms with van der Waals surface area (Å²) < 4.78 is 56.4. The van der Waals surface area contributed by atoms with E-state index >= 15 is 0 Å². The highest BCUT2D eigenvalue weighted by molar-refractivity contribution is 7.89. The zero-order valence-electron chi connectivity index (χ0n) is 22.0. The van der Waals surface area contributed by atoms with E-state index < -0.39 is 34.3 Å². The lowest BCUT2D eigenvalue weighted by Crippen LogP contribution is -2.51. The molecule has 0 unspecified atom stereocenters. The molecule has 14 heteroatoms. The van der Waals surface area contributed by atoms with Crippen molar-refractivity contribution in [3.63, 3.8) is 0 Å². The van der Waals surface area contributed by atoms with Crippen LogP contribution in [0.25, 0.3) is 0 Å². The van der Waals surface area contributed by atoms with Gasteiger partial charge in [0.2, 0.25) is 10.0 Å². The minimum Gasteiger partial charge on any atom is -0.497 e. The number of amides is 1. The third kappa shape index (κ3) is 7.10. The monoisotopic (exact) mass is 555 g/mol. The van der Waals surface area contributed by atoms with Crippen molar-refractivity contribution in [2.45, 2.75) is 55.0 Å². The van der Waals surface area contributed by atoms with E-state index in [1.54, 1.807) is 20.0 Å². The summed E-state index contributed by atoms with van der Waals surface area (Å²) in [5.41, 5.74) is 0. The van der Waals surface area contributed by atoms with Gasteiger partial charge in [-0.15, -0.1) is 0 Å². The van der Waals surface area contributed by atoms with Gasteiger partial charge in [-0.2, -0.15) is 4.31 Å². The summed E-state index contributed by atoms with van der Waals surface area (Å²) in [6.07, 6.45) is 0.760. The first-order valence-corrected chi connectivity index (χ1v) is 14.6. The average molecular weight is 555 g/mol. The standard InChI is InChI=1S/C24H38BN3O9S/c1-33-16-5-6-21-19(13-16)34-11-4-2-3-8-26-9-10-28(38(21,31)32)14-18(29)22(25)27-24(30)37-20-15-36-23-17(20)7-12-35-23/h5-6,13,17-18,20,22-23,26,29H,2-4,7-12,14-15,25H2,1H3,(H,27,30)/t17-,18+,20-,22+,23+/m0/s1. The molecule has 0 bridgehead atoms. The highest BCUT2D eigenvalue weighted by Gasteiger charge is 2.44. The molecule has 0 aromatic heterocycles. The molecule has 0 radical (unpaired) electrons. The van der Waals surface area contributed by atoms with Gasteiger partial charge in [0, 0.05) is 31.6 Å². The molecule has 1 aromatic carbocycles. The molecule has 5 atom stereocenters. The van der Waals surface area contributed by atoms with Crippen LogP contribution in [0.4, 0.5) is 4.79 Å². The van der Waals surface area contributed by atoms with E-state index in [0.29, 0.717) is 25.5 Å². The number of nitrogens with one attached hydrogen (secondary N) is 2. The molecule has 0 spiro atoms. The number of benzene rings is 1. The van der Waals surface area contributed by atoms with E-state index in [4.69, 9.17) is 23.7 Å². The Kier molecular flexibility index (Phi) is 10.1. The number of sulfonamides is 1. The van der Waals surface area contributed by atoms with Crippen molar-refractivity contribution in [3.8, 4) is 11.5 Å². The fourth-order valence-corrected chi connectivity index (χ4v) is 6.37. The second-order valence-electron chi connectivity index (χ2n) is 9.80. The predicted octanol–water partition coefficient (Wildman–Crippen LogP) is -0.354. The zero-order valence-corrected chi connectivity index (χ0v) is 22.8. The molecule has 3 aliphatic rings. The van der Waals surface area contributed by atoms with Gasteiger partial charge in [0.1, 0.15) is 30.3 Å². The number of carbonyl (C=O) groups excluding carboxylic acids is 1. The summed E-state index contributed by atoms with van der Waals surface area (Å²) >= 11 is 0. The van der Waals surface area contributed by atoms with Gasteiger partial charge < -0.3 is 39.4 Å². The second kappa shape index (κ2) is 13.3. The van der Waals surface area contributed by atoms with Crippen molar-refractivity contribution in [1.82, 2.24) is 14.9 Å². The second-order valence-corrected chi connectivity index (χ2v) is 11.7. The summed E-state index contributed by atoms with van der Waals surface area (Å²) in [6.45, 7) is 2.25. The van der Waals surface area contributed by atoms with Crippen molar-refractivity contribution < 1.29 is 42.0 Å². The summed E-state index contributed by atoms with van der Waals surface area (Å²) in [6, 6.07) is 4.59. The number of aliphatic hydroxyl groups is 1. The molecule has 1 amide bonds. The van der Waals surface area contributed by atoms with E-state index in [9.17, 15) is 18.3 Å². The molecular formula is C24H38BN3O9S. The molecule has 1 aromatic rings.